The third-order valence-corrected chi connectivity index (χ3v) is 3.96. The van der Waals surface area contributed by atoms with Gasteiger partial charge in [0.15, 0.2) is 0 Å². The maximum Gasteiger partial charge on any atom is 0.242 e. The van der Waals surface area contributed by atoms with Gasteiger partial charge in [-0.2, -0.15) is 0 Å². The van der Waals surface area contributed by atoms with E-state index in [1.165, 1.54) is 0 Å². The number of hydrogen-bond acceptors (Lipinski definition) is 5. The summed E-state index contributed by atoms with van der Waals surface area (Å²) < 4.78 is 44.3. The van der Waals surface area contributed by atoms with Crippen molar-refractivity contribution in [2.75, 3.05) is 18.9 Å². The Morgan fingerprint density at radius 2 is 1.95 bits per heavy atom. The quantitative estimate of drug-likeness (QED) is 0.616. The lowest BCUT2D eigenvalue weighted by atomic mass is 10.3. The van der Waals surface area contributed by atoms with Gasteiger partial charge in [-0.05, 0) is 30.3 Å². The number of nitrogens with one attached hydrogen (secondary N) is 1. The van der Waals surface area contributed by atoms with E-state index in [0.717, 1.165) is 18.5 Å². The zero-order valence-corrected chi connectivity index (χ0v) is 11.8. The number of hydrogen-bond donors (Lipinski definition) is 2. The van der Waals surface area contributed by atoms with Crippen molar-refractivity contribution in [1.82, 2.24) is 9.71 Å². The molecule has 3 N–H and O–H groups in total. The molecule has 0 aliphatic rings. The van der Waals surface area contributed by atoms with Crippen molar-refractivity contribution < 1.29 is 17.5 Å². The molecule has 0 atom stereocenters. The van der Waals surface area contributed by atoms with Crippen LogP contribution in [-0.4, -0.2) is 26.6 Å². The zero-order valence-electron chi connectivity index (χ0n) is 11.0. The van der Waals surface area contributed by atoms with Crippen LogP contribution in [0.5, 0.6) is 5.75 Å². The highest BCUT2D eigenvalue weighted by atomic mass is 32.2. The van der Waals surface area contributed by atoms with E-state index in [1.807, 2.05) is 0 Å². The van der Waals surface area contributed by atoms with Gasteiger partial charge in [0.1, 0.15) is 23.1 Å². The van der Waals surface area contributed by atoms with Gasteiger partial charge in [-0.25, -0.2) is 17.5 Å². The molecule has 0 bridgehead atoms. The van der Waals surface area contributed by atoms with Crippen LogP contribution in [-0.2, 0) is 10.0 Å². The first kappa shape index (κ1) is 15.2. The summed E-state index contributed by atoms with van der Waals surface area (Å²) in [6.45, 7) is 0.176. The van der Waals surface area contributed by atoms with Crippen LogP contribution >= 0.6 is 0 Å². The Kier molecular flexibility index (Phi) is 4.71. The number of nitrogens with zero attached hydrogens (tertiary/aromatic N) is 1. The van der Waals surface area contributed by atoms with Crippen molar-refractivity contribution in [2.45, 2.75) is 4.90 Å². The first-order valence-corrected chi connectivity index (χ1v) is 7.54. The highest BCUT2D eigenvalue weighted by Gasteiger charge is 2.14. The van der Waals surface area contributed by atoms with Crippen LogP contribution < -0.4 is 15.2 Å². The topological polar surface area (TPSA) is 94.3 Å². The summed E-state index contributed by atoms with van der Waals surface area (Å²) in [7, 11) is -3.80. The van der Waals surface area contributed by atoms with Crippen LogP contribution in [0.2, 0.25) is 0 Å². The predicted molar refractivity (Wildman–Crippen MR) is 75.7 cm³/mol. The van der Waals surface area contributed by atoms with Gasteiger partial charge in [-0.1, -0.05) is 0 Å². The molecule has 1 aromatic heterocycles. The lowest BCUT2D eigenvalue weighted by Gasteiger charge is -2.08. The number of ether oxygens (including phenoxy) is 1. The summed E-state index contributed by atoms with van der Waals surface area (Å²) in [4.78, 5) is 3.27. The van der Waals surface area contributed by atoms with Crippen molar-refractivity contribution in [1.29, 1.82) is 0 Å². The lowest BCUT2D eigenvalue weighted by molar-refractivity contribution is 0.323. The van der Waals surface area contributed by atoms with Gasteiger partial charge in [0.05, 0.1) is 6.20 Å². The monoisotopic (exact) mass is 311 g/mol. The van der Waals surface area contributed by atoms with Crippen LogP contribution in [0.15, 0.2) is 47.6 Å². The minimum atomic E-state index is -3.80. The van der Waals surface area contributed by atoms with Gasteiger partial charge >= 0.3 is 0 Å². The van der Waals surface area contributed by atoms with E-state index in [1.54, 1.807) is 24.3 Å². The van der Waals surface area contributed by atoms with Gasteiger partial charge in [0.25, 0.3) is 0 Å². The Bertz CT molecular complexity index is 705. The first-order chi connectivity index (χ1) is 9.97. The summed E-state index contributed by atoms with van der Waals surface area (Å²) in [6, 6.07) is 7.62. The van der Waals surface area contributed by atoms with E-state index >= 15 is 0 Å². The van der Waals surface area contributed by atoms with Crippen molar-refractivity contribution in [2.24, 2.45) is 0 Å². The largest absolute Gasteiger partial charge is 0.492 e. The summed E-state index contributed by atoms with van der Waals surface area (Å²) in [5.41, 5.74) is 6.14. The van der Waals surface area contributed by atoms with E-state index in [9.17, 15) is 12.8 Å². The Labute approximate surface area is 121 Å². The number of nitrogen functional groups attached to an aromatic ring is 1. The molecule has 21 heavy (non-hydrogen) atoms. The van der Waals surface area contributed by atoms with E-state index < -0.39 is 15.8 Å². The van der Waals surface area contributed by atoms with Gasteiger partial charge in [-0.15, -0.1) is 0 Å². The molecule has 0 amide bonds. The molecule has 0 aliphatic heterocycles. The average Bonchev–Trinajstić information content (AvgIpc) is 2.45. The molecular weight excluding hydrogens is 297 g/mol. The third kappa shape index (κ3) is 4.40. The second kappa shape index (κ2) is 6.51. The number of aromatic nitrogens is 1. The summed E-state index contributed by atoms with van der Waals surface area (Å²) in [6.07, 6.45) is 2.01. The van der Waals surface area contributed by atoms with Crippen LogP contribution in [0.1, 0.15) is 0 Å². The number of anilines is 1. The fraction of sp³-hybridized carbons (Fsp3) is 0.154. The van der Waals surface area contributed by atoms with Crippen LogP contribution in [0.3, 0.4) is 0 Å². The Hall–Kier alpha value is -2.19. The van der Waals surface area contributed by atoms with Gasteiger partial charge in [0.2, 0.25) is 10.0 Å². The molecule has 0 radical (unpaired) electrons. The number of benzene rings is 1. The van der Waals surface area contributed by atoms with Crippen molar-refractivity contribution in [3.8, 4) is 5.75 Å². The standard InChI is InChI=1S/C13H14FN3O3S/c14-10-7-13(9-16-8-10)21(18,19)17-5-6-20-12-3-1-11(15)2-4-12/h1-4,7-9,17H,5-6,15H2. The highest BCUT2D eigenvalue weighted by molar-refractivity contribution is 7.89. The minimum Gasteiger partial charge on any atom is -0.492 e. The molecule has 2 rings (SSSR count). The second-order valence-electron chi connectivity index (χ2n) is 4.15. The maximum absolute atomic E-state index is 13.0. The molecule has 1 aromatic carbocycles. The molecule has 0 saturated heterocycles. The van der Waals surface area contributed by atoms with Crippen LogP contribution in [0, 0.1) is 5.82 Å². The first-order valence-electron chi connectivity index (χ1n) is 6.06. The normalized spacial score (nSPS) is 11.3. The maximum atomic E-state index is 13.0. The Morgan fingerprint density at radius 1 is 1.24 bits per heavy atom. The molecule has 0 spiro atoms. The molecule has 0 aliphatic carbocycles. The SMILES string of the molecule is Nc1ccc(OCCNS(=O)(=O)c2cncc(F)c2)cc1. The molecule has 2 aromatic rings. The van der Waals surface area contributed by atoms with Gasteiger partial charge < -0.3 is 10.5 Å². The minimum absolute atomic E-state index is 0.0449. The Balaban J connectivity index is 1.86. The molecule has 8 heteroatoms. The van der Waals surface area contributed by atoms with E-state index in [0.29, 0.717) is 11.4 Å². The molecular formula is C13H14FN3O3S. The van der Waals surface area contributed by atoms with Crippen LogP contribution in [0.4, 0.5) is 10.1 Å². The van der Waals surface area contributed by atoms with E-state index in [-0.39, 0.29) is 18.0 Å². The summed E-state index contributed by atoms with van der Waals surface area (Å²) in [5, 5.41) is 0. The van der Waals surface area contributed by atoms with Gasteiger partial charge in [-0.3, -0.25) is 4.98 Å². The van der Waals surface area contributed by atoms with Crippen molar-refractivity contribution >= 4 is 15.7 Å². The number of sulfonamides is 1. The van der Waals surface area contributed by atoms with Crippen LogP contribution in [0.25, 0.3) is 0 Å². The molecule has 0 fully saturated rings. The number of nitrogens with two attached hydrogens (primary N) is 1. The fourth-order valence-corrected chi connectivity index (χ4v) is 2.52. The van der Waals surface area contributed by atoms with Crippen molar-refractivity contribution in [3.05, 3.63) is 48.5 Å². The van der Waals surface area contributed by atoms with E-state index in [4.69, 9.17) is 10.5 Å². The van der Waals surface area contributed by atoms with Crippen molar-refractivity contribution in [3.63, 3.8) is 0 Å². The third-order valence-electron chi connectivity index (χ3n) is 2.53. The molecule has 0 saturated carbocycles. The average molecular weight is 311 g/mol. The Morgan fingerprint density at radius 3 is 2.62 bits per heavy atom. The predicted octanol–water partition coefficient (Wildman–Crippen LogP) is 1.16. The number of rotatable bonds is 6. The number of halogens is 1. The zero-order chi connectivity index (χ0) is 15.3. The fourth-order valence-electron chi connectivity index (χ4n) is 1.53. The molecule has 6 nitrogen and oxygen atoms in total. The summed E-state index contributed by atoms with van der Waals surface area (Å²) >= 11 is 0. The highest BCUT2D eigenvalue weighted by Crippen LogP contribution is 2.13. The summed E-state index contributed by atoms with van der Waals surface area (Å²) in [5.74, 6) is -0.133. The smallest absolute Gasteiger partial charge is 0.242 e. The molecule has 112 valence electrons. The lowest BCUT2D eigenvalue weighted by Crippen LogP contribution is -2.28. The number of pyridine rings is 1. The molecule has 0 unspecified atom stereocenters. The molecule has 1 heterocycles. The van der Waals surface area contributed by atoms with Gasteiger partial charge in [0, 0.05) is 18.4 Å². The second-order valence-corrected chi connectivity index (χ2v) is 5.92. The van der Waals surface area contributed by atoms with E-state index in [2.05, 4.69) is 9.71 Å².